The SMILES string of the molecule is COC(=O)C1(F)CCN(S(=O)(=O)Cc2ccccc2)c2ccccc2C1. The van der Waals surface area contributed by atoms with E-state index in [2.05, 4.69) is 4.74 Å². The summed E-state index contributed by atoms with van der Waals surface area (Å²) in [6.07, 6.45) is -0.477. The van der Waals surface area contributed by atoms with E-state index in [0.29, 0.717) is 16.8 Å². The first-order valence-corrected chi connectivity index (χ1v) is 9.86. The topological polar surface area (TPSA) is 63.7 Å². The van der Waals surface area contributed by atoms with Crippen LogP contribution in [0, 0.1) is 0 Å². The van der Waals surface area contributed by atoms with Gasteiger partial charge in [-0.25, -0.2) is 17.6 Å². The summed E-state index contributed by atoms with van der Waals surface area (Å²) in [5, 5.41) is 0. The fourth-order valence-corrected chi connectivity index (χ4v) is 4.82. The van der Waals surface area contributed by atoms with Gasteiger partial charge >= 0.3 is 5.97 Å². The molecule has 1 atom stereocenters. The van der Waals surface area contributed by atoms with Gasteiger partial charge in [0, 0.05) is 19.4 Å². The minimum absolute atomic E-state index is 0.127. The number of rotatable bonds is 4. The van der Waals surface area contributed by atoms with Gasteiger partial charge in [0.1, 0.15) is 0 Å². The van der Waals surface area contributed by atoms with Gasteiger partial charge < -0.3 is 4.74 Å². The molecule has 1 heterocycles. The van der Waals surface area contributed by atoms with E-state index in [1.54, 1.807) is 48.5 Å². The van der Waals surface area contributed by atoms with Crippen molar-refractivity contribution >= 4 is 21.7 Å². The van der Waals surface area contributed by atoms with Crippen LogP contribution in [0.5, 0.6) is 0 Å². The summed E-state index contributed by atoms with van der Waals surface area (Å²) < 4.78 is 47.0. The second-order valence-electron chi connectivity index (χ2n) is 6.33. The number of nitrogens with zero attached hydrogens (tertiary/aromatic N) is 1. The lowest BCUT2D eigenvalue weighted by molar-refractivity contribution is -0.154. The van der Waals surface area contributed by atoms with Crippen molar-refractivity contribution in [1.82, 2.24) is 0 Å². The average Bonchev–Trinajstić information content (AvgIpc) is 2.78. The molecule has 0 N–H and O–H groups in total. The predicted octanol–water partition coefficient (Wildman–Crippen LogP) is 2.85. The highest BCUT2D eigenvalue weighted by atomic mass is 32.2. The predicted molar refractivity (Wildman–Crippen MR) is 97.0 cm³/mol. The lowest BCUT2D eigenvalue weighted by Gasteiger charge is -2.25. The van der Waals surface area contributed by atoms with E-state index in [1.807, 2.05) is 6.07 Å². The Bertz CT molecular complexity index is 901. The number of hydrogen-bond acceptors (Lipinski definition) is 4. The highest BCUT2D eigenvalue weighted by molar-refractivity contribution is 7.92. The van der Waals surface area contributed by atoms with Crippen molar-refractivity contribution in [3.05, 3.63) is 65.7 Å². The summed E-state index contributed by atoms with van der Waals surface area (Å²) in [5.74, 6) is -1.17. The molecular weight excluding hydrogens is 357 g/mol. The minimum atomic E-state index is -3.74. The van der Waals surface area contributed by atoms with Gasteiger partial charge in [-0.1, -0.05) is 48.5 Å². The van der Waals surface area contributed by atoms with E-state index in [-0.39, 0.29) is 25.1 Å². The van der Waals surface area contributed by atoms with Crippen LogP contribution in [0.3, 0.4) is 0 Å². The molecule has 0 bridgehead atoms. The Morgan fingerprint density at radius 3 is 2.50 bits per heavy atom. The Morgan fingerprint density at radius 1 is 1.15 bits per heavy atom. The summed E-state index contributed by atoms with van der Waals surface area (Å²) >= 11 is 0. The number of benzene rings is 2. The number of hydrogen-bond donors (Lipinski definition) is 0. The Balaban J connectivity index is 1.99. The lowest BCUT2D eigenvalue weighted by Crippen LogP contribution is -2.40. The normalized spacial score (nSPS) is 20.2. The Morgan fingerprint density at radius 2 is 1.81 bits per heavy atom. The minimum Gasteiger partial charge on any atom is -0.467 e. The molecule has 26 heavy (non-hydrogen) atoms. The number of alkyl halides is 1. The van der Waals surface area contributed by atoms with Crippen molar-refractivity contribution in [2.75, 3.05) is 18.0 Å². The number of halogens is 1. The monoisotopic (exact) mass is 377 g/mol. The molecule has 7 heteroatoms. The molecule has 2 aromatic carbocycles. The van der Waals surface area contributed by atoms with Crippen molar-refractivity contribution in [3.8, 4) is 0 Å². The zero-order valence-corrected chi connectivity index (χ0v) is 15.2. The van der Waals surface area contributed by atoms with Gasteiger partial charge in [0.15, 0.2) is 0 Å². The average molecular weight is 377 g/mol. The maximum atomic E-state index is 15.2. The van der Waals surface area contributed by atoms with Gasteiger partial charge in [0.25, 0.3) is 0 Å². The van der Waals surface area contributed by atoms with Crippen molar-refractivity contribution in [1.29, 1.82) is 0 Å². The van der Waals surface area contributed by atoms with Gasteiger partial charge in [-0.3, -0.25) is 4.31 Å². The highest BCUT2D eigenvalue weighted by Gasteiger charge is 2.44. The molecule has 0 aromatic heterocycles. The van der Waals surface area contributed by atoms with E-state index in [0.717, 1.165) is 7.11 Å². The van der Waals surface area contributed by atoms with Gasteiger partial charge in [-0.2, -0.15) is 0 Å². The standard InChI is InChI=1S/C19H20FNO4S/c1-25-18(22)19(20)11-12-21(17-10-6-5-9-16(17)13-19)26(23,24)14-15-7-3-2-4-8-15/h2-10H,11-14H2,1H3. The smallest absolute Gasteiger partial charge is 0.344 e. The quantitative estimate of drug-likeness (QED) is 0.769. The fraction of sp³-hybridized carbons (Fsp3) is 0.316. The van der Waals surface area contributed by atoms with Gasteiger partial charge in [-0.15, -0.1) is 0 Å². The van der Waals surface area contributed by atoms with Crippen LogP contribution in [0.4, 0.5) is 10.1 Å². The number of ether oxygens (including phenoxy) is 1. The van der Waals surface area contributed by atoms with E-state index < -0.39 is 21.7 Å². The molecule has 0 saturated heterocycles. The first-order chi connectivity index (χ1) is 12.4. The van der Waals surface area contributed by atoms with Gasteiger partial charge in [-0.05, 0) is 17.2 Å². The number of sulfonamides is 1. The van der Waals surface area contributed by atoms with Crippen LogP contribution in [0.15, 0.2) is 54.6 Å². The number of methoxy groups -OCH3 is 1. The van der Waals surface area contributed by atoms with Crippen LogP contribution in [0.25, 0.3) is 0 Å². The van der Waals surface area contributed by atoms with Crippen molar-refractivity contribution < 1.29 is 22.3 Å². The second kappa shape index (κ2) is 7.07. The summed E-state index contributed by atoms with van der Waals surface area (Å²) in [5.41, 5.74) is -0.725. The third-order valence-corrected chi connectivity index (χ3v) is 6.27. The molecule has 0 spiro atoms. The number of esters is 1. The Labute approximate surface area is 152 Å². The first-order valence-electron chi connectivity index (χ1n) is 8.25. The molecule has 0 radical (unpaired) electrons. The number of anilines is 1. The number of para-hydroxylation sites is 1. The Kier molecular flexibility index (Phi) is 5.00. The largest absolute Gasteiger partial charge is 0.467 e. The molecule has 138 valence electrons. The maximum absolute atomic E-state index is 15.2. The Hall–Kier alpha value is -2.41. The molecule has 1 aliphatic heterocycles. The summed E-state index contributed by atoms with van der Waals surface area (Å²) in [6, 6.07) is 15.5. The van der Waals surface area contributed by atoms with Crippen LogP contribution in [-0.2, 0) is 31.7 Å². The van der Waals surface area contributed by atoms with Gasteiger partial charge in [0.05, 0.1) is 18.6 Å². The van der Waals surface area contributed by atoms with Crippen molar-refractivity contribution in [2.24, 2.45) is 0 Å². The van der Waals surface area contributed by atoms with Crippen molar-refractivity contribution in [3.63, 3.8) is 0 Å². The molecule has 0 amide bonds. The molecule has 5 nitrogen and oxygen atoms in total. The van der Waals surface area contributed by atoms with Crippen LogP contribution < -0.4 is 4.31 Å². The molecule has 0 aliphatic carbocycles. The van der Waals surface area contributed by atoms with Crippen molar-refractivity contribution in [2.45, 2.75) is 24.3 Å². The summed E-state index contributed by atoms with van der Waals surface area (Å²) in [7, 11) is -2.61. The highest BCUT2D eigenvalue weighted by Crippen LogP contribution is 2.36. The number of carbonyl (C=O) groups is 1. The van der Waals surface area contributed by atoms with E-state index in [1.165, 1.54) is 4.31 Å². The summed E-state index contributed by atoms with van der Waals surface area (Å²) in [6.45, 7) is -0.127. The zero-order chi connectivity index (χ0) is 18.8. The molecule has 0 fully saturated rings. The van der Waals surface area contributed by atoms with E-state index in [9.17, 15) is 13.2 Å². The van der Waals surface area contributed by atoms with Crippen LogP contribution in [0.2, 0.25) is 0 Å². The number of carbonyl (C=O) groups excluding carboxylic acids is 1. The molecule has 2 aromatic rings. The second-order valence-corrected chi connectivity index (χ2v) is 8.22. The first kappa shape index (κ1) is 18.4. The third-order valence-electron chi connectivity index (χ3n) is 4.52. The zero-order valence-electron chi connectivity index (χ0n) is 14.4. The third kappa shape index (κ3) is 3.58. The maximum Gasteiger partial charge on any atom is 0.344 e. The van der Waals surface area contributed by atoms with Crippen LogP contribution in [-0.4, -0.2) is 33.7 Å². The van der Waals surface area contributed by atoms with Gasteiger partial charge in [0.2, 0.25) is 15.7 Å². The summed E-state index contributed by atoms with van der Waals surface area (Å²) in [4.78, 5) is 11.9. The van der Waals surface area contributed by atoms with Crippen LogP contribution in [0.1, 0.15) is 17.5 Å². The molecule has 1 aliphatic rings. The molecule has 3 rings (SSSR count). The lowest BCUT2D eigenvalue weighted by atomic mass is 9.94. The molecule has 1 unspecified atom stereocenters. The fourth-order valence-electron chi connectivity index (χ4n) is 3.20. The van der Waals surface area contributed by atoms with E-state index in [4.69, 9.17) is 0 Å². The molecular formula is C19H20FNO4S. The van der Waals surface area contributed by atoms with Crippen LogP contribution >= 0.6 is 0 Å². The molecule has 0 saturated carbocycles. The van der Waals surface area contributed by atoms with E-state index >= 15 is 4.39 Å². The number of fused-ring (bicyclic) bond motifs is 1.